The van der Waals surface area contributed by atoms with Crippen molar-refractivity contribution in [2.24, 2.45) is 0 Å². The van der Waals surface area contributed by atoms with Crippen LogP contribution in [0.3, 0.4) is 0 Å². The molecule has 0 bridgehead atoms. The zero-order valence-electron chi connectivity index (χ0n) is 4.61. The van der Waals surface area contributed by atoms with E-state index in [1.165, 1.54) is 0 Å². The van der Waals surface area contributed by atoms with Gasteiger partial charge in [-0.05, 0) is 6.92 Å². The minimum Gasteiger partial charge on any atom is -0.376 e. The number of rotatable bonds is 0. The van der Waals surface area contributed by atoms with Crippen LogP contribution in [0.2, 0.25) is 0 Å². The maximum Gasteiger partial charge on any atom is 0.0814 e. The van der Waals surface area contributed by atoms with Crippen LogP contribution in [0, 0.1) is 0 Å². The summed E-state index contributed by atoms with van der Waals surface area (Å²) < 4.78 is 5.22. The molecule has 1 rings (SSSR count). The summed E-state index contributed by atoms with van der Waals surface area (Å²) in [5.74, 6) is 0. The third-order valence-electron chi connectivity index (χ3n) is 1.11. The second-order valence-corrected chi connectivity index (χ2v) is 1.89. The molecule has 1 unspecified atom stereocenters. The first-order valence-electron chi connectivity index (χ1n) is 2.72. The smallest absolute Gasteiger partial charge is 0.0814 e. The van der Waals surface area contributed by atoms with Crippen molar-refractivity contribution in [3.63, 3.8) is 0 Å². The largest absolute Gasteiger partial charge is 0.376 e. The molecule has 0 amide bonds. The van der Waals surface area contributed by atoms with Gasteiger partial charge in [0.25, 0.3) is 0 Å². The molecule has 1 fully saturated rings. The van der Waals surface area contributed by atoms with Gasteiger partial charge < -0.3 is 10.1 Å². The second-order valence-electron chi connectivity index (χ2n) is 1.89. The first-order valence-corrected chi connectivity index (χ1v) is 2.72. The van der Waals surface area contributed by atoms with E-state index >= 15 is 0 Å². The van der Waals surface area contributed by atoms with Gasteiger partial charge in [-0.25, -0.2) is 0 Å². The number of morpholine rings is 1. The van der Waals surface area contributed by atoms with Crippen LogP contribution >= 0.6 is 0 Å². The zero-order valence-corrected chi connectivity index (χ0v) is 4.61. The van der Waals surface area contributed by atoms with Gasteiger partial charge in [-0.2, -0.15) is 0 Å². The van der Waals surface area contributed by atoms with Crippen LogP contribution in [-0.2, 0) is 4.74 Å². The maximum atomic E-state index is 5.22. The Balaban J connectivity index is 0.000000490. The average molecular weight is 115 g/mol. The molecular weight excluding hydrogens is 101 g/mol. The monoisotopic (exact) mass is 115 g/mol. The van der Waals surface area contributed by atoms with Gasteiger partial charge in [-0.1, -0.05) is 0 Å². The van der Waals surface area contributed by atoms with Crippen molar-refractivity contribution < 1.29 is 4.74 Å². The molecule has 1 aliphatic heterocycles. The van der Waals surface area contributed by atoms with E-state index in [4.69, 9.17) is 4.74 Å². The van der Waals surface area contributed by atoms with Crippen LogP contribution in [0.1, 0.15) is 6.92 Å². The van der Waals surface area contributed by atoms with E-state index in [0.717, 1.165) is 19.7 Å². The molecule has 48 valence electrons. The van der Waals surface area contributed by atoms with Crippen molar-refractivity contribution >= 4 is 8.41 Å². The summed E-state index contributed by atoms with van der Waals surface area (Å²) in [5.41, 5.74) is 0. The molecule has 0 aliphatic carbocycles. The molecule has 0 aromatic rings. The van der Waals surface area contributed by atoms with Crippen LogP contribution < -0.4 is 5.32 Å². The molecule has 0 saturated carbocycles. The normalized spacial score (nSPS) is 28.9. The van der Waals surface area contributed by atoms with Gasteiger partial charge in [0.15, 0.2) is 0 Å². The van der Waals surface area contributed by atoms with Crippen molar-refractivity contribution in [1.29, 1.82) is 0 Å². The van der Waals surface area contributed by atoms with Crippen LogP contribution in [0.15, 0.2) is 0 Å². The highest BCUT2D eigenvalue weighted by Gasteiger charge is 2.04. The van der Waals surface area contributed by atoms with E-state index in [0.29, 0.717) is 6.10 Å². The van der Waals surface area contributed by atoms with E-state index in [1.807, 2.05) is 0 Å². The Kier molecular flexibility index (Phi) is 3.92. The third-order valence-corrected chi connectivity index (χ3v) is 1.11. The van der Waals surface area contributed by atoms with Gasteiger partial charge >= 0.3 is 0 Å². The Morgan fingerprint density at radius 3 is 2.62 bits per heavy atom. The molecule has 0 radical (unpaired) electrons. The van der Waals surface area contributed by atoms with E-state index < -0.39 is 0 Å². The maximum absolute atomic E-state index is 5.22. The summed E-state index contributed by atoms with van der Waals surface area (Å²) in [6.07, 6.45) is 0.425. The van der Waals surface area contributed by atoms with E-state index in [2.05, 4.69) is 12.2 Å². The van der Waals surface area contributed by atoms with Crippen molar-refractivity contribution in [1.82, 2.24) is 5.32 Å². The topological polar surface area (TPSA) is 21.3 Å². The highest BCUT2D eigenvalue weighted by atomic mass is 16.5. The van der Waals surface area contributed by atoms with Gasteiger partial charge in [0.05, 0.1) is 21.1 Å². The number of ether oxygens (including phenoxy) is 1. The van der Waals surface area contributed by atoms with Crippen molar-refractivity contribution in [2.75, 3.05) is 19.7 Å². The third kappa shape index (κ3) is 2.33. The molecule has 0 aromatic heterocycles. The zero-order chi connectivity index (χ0) is 5.11. The van der Waals surface area contributed by atoms with E-state index in [-0.39, 0.29) is 8.41 Å². The summed E-state index contributed by atoms with van der Waals surface area (Å²) in [6.45, 7) is 4.98. The van der Waals surface area contributed by atoms with Gasteiger partial charge in [-0.3, -0.25) is 0 Å². The van der Waals surface area contributed by atoms with Crippen molar-refractivity contribution in [2.45, 2.75) is 13.0 Å². The molecule has 1 saturated heterocycles. The molecule has 3 heteroatoms. The van der Waals surface area contributed by atoms with Crippen LogP contribution in [-0.4, -0.2) is 34.2 Å². The van der Waals surface area contributed by atoms with Crippen LogP contribution in [0.5, 0.6) is 0 Å². The van der Waals surface area contributed by atoms with Gasteiger partial charge in [-0.15, -0.1) is 0 Å². The quantitative estimate of drug-likeness (QED) is 0.401. The van der Waals surface area contributed by atoms with Gasteiger partial charge in [0.2, 0.25) is 0 Å². The fraction of sp³-hybridized carbons (Fsp3) is 1.00. The van der Waals surface area contributed by atoms with Crippen LogP contribution in [0.25, 0.3) is 0 Å². The van der Waals surface area contributed by atoms with Gasteiger partial charge in [0, 0.05) is 13.1 Å². The molecule has 0 spiro atoms. The summed E-state index contributed by atoms with van der Waals surface area (Å²) in [5, 5.41) is 3.21. The summed E-state index contributed by atoms with van der Waals surface area (Å²) in [4.78, 5) is 0. The standard InChI is InChI=1S/C5H11NO.BH3/c1-5-4-6-2-3-7-5;/h5-6H,2-4H2,1H3;1H3. The molecule has 2 nitrogen and oxygen atoms in total. The van der Waals surface area contributed by atoms with Crippen molar-refractivity contribution in [3.8, 4) is 0 Å². The predicted octanol–water partition coefficient (Wildman–Crippen LogP) is -1.19. The minimum absolute atomic E-state index is 0. The fourth-order valence-electron chi connectivity index (χ4n) is 0.697. The molecular formula is C5H14BNO. The lowest BCUT2D eigenvalue weighted by Gasteiger charge is -2.18. The Morgan fingerprint density at radius 1 is 1.62 bits per heavy atom. The molecule has 0 aromatic carbocycles. The Hall–Kier alpha value is -0.0151. The Morgan fingerprint density at radius 2 is 2.38 bits per heavy atom. The lowest BCUT2D eigenvalue weighted by molar-refractivity contribution is 0.0410. The predicted molar refractivity (Wildman–Crippen MR) is 38.2 cm³/mol. The molecule has 1 N–H and O–H groups in total. The summed E-state index contributed by atoms with van der Waals surface area (Å²) in [7, 11) is 0. The summed E-state index contributed by atoms with van der Waals surface area (Å²) in [6, 6.07) is 0. The minimum atomic E-state index is 0. The van der Waals surface area contributed by atoms with Gasteiger partial charge in [0.1, 0.15) is 0 Å². The molecule has 1 atom stereocenters. The lowest BCUT2D eigenvalue weighted by Crippen LogP contribution is -2.36. The Labute approximate surface area is 52.2 Å². The number of hydrogen-bond acceptors (Lipinski definition) is 2. The molecule has 8 heavy (non-hydrogen) atoms. The highest BCUT2D eigenvalue weighted by Crippen LogP contribution is 1.91. The van der Waals surface area contributed by atoms with E-state index in [1.54, 1.807) is 0 Å². The van der Waals surface area contributed by atoms with Crippen molar-refractivity contribution in [3.05, 3.63) is 0 Å². The SMILES string of the molecule is B.CC1CNCCO1. The highest BCUT2D eigenvalue weighted by molar-refractivity contribution is 5.75. The second kappa shape index (κ2) is 3.92. The first-order chi connectivity index (χ1) is 3.39. The number of nitrogens with one attached hydrogen (secondary N) is 1. The van der Waals surface area contributed by atoms with Crippen LogP contribution in [0.4, 0.5) is 0 Å². The number of hydrogen-bond donors (Lipinski definition) is 1. The summed E-state index contributed by atoms with van der Waals surface area (Å²) >= 11 is 0. The Bertz CT molecular complexity index is 54.4. The average Bonchev–Trinajstić information content (AvgIpc) is 1.69. The molecule has 1 aliphatic rings. The fourth-order valence-corrected chi connectivity index (χ4v) is 0.697. The lowest BCUT2D eigenvalue weighted by atomic mass is 10.3. The first kappa shape index (κ1) is 7.98. The van der Waals surface area contributed by atoms with E-state index in [9.17, 15) is 0 Å². The molecule has 1 heterocycles.